The summed E-state index contributed by atoms with van der Waals surface area (Å²) in [6.07, 6.45) is 6.84. The zero-order chi connectivity index (χ0) is 18.0. The van der Waals surface area contributed by atoms with Crippen LogP contribution in [-0.4, -0.2) is 23.3 Å². The smallest absolute Gasteiger partial charge is 0.261 e. The van der Waals surface area contributed by atoms with E-state index in [-0.39, 0.29) is 5.91 Å². The van der Waals surface area contributed by atoms with E-state index in [1.165, 1.54) is 6.42 Å². The number of anilines is 1. The Bertz CT molecular complexity index is 815. The van der Waals surface area contributed by atoms with Crippen molar-refractivity contribution >= 4 is 11.6 Å². The lowest BCUT2D eigenvalue weighted by molar-refractivity contribution is -0.105. The highest BCUT2D eigenvalue weighted by atomic mass is 16.7. The monoisotopic (exact) mass is 354 g/mol. The number of amides is 1. The SMILES string of the molecule is CCOc1ncccc1C(=O)Nc1ccc2c(c1)OC1(CCCCC1)O2. The first kappa shape index (κ1) is 16.7. The van der Waals surface area contributed by atoms with Crippen LogP contribution in [0.15, 0.2) is 36.5 Å². The fourth-order valence-electron chi connectivity index (χ4n) is 3.48. The Kier molecular flexibility index (Phi) is 4.41. The van der Waals surface area contributed by atoms with E-state index in [0.29, 0.717) is 29.5 Å². The van der Waals surface area contributed by atoms with Crippen molar-refractivity contribution in [2.45, 2.75) is 44.8 Å². The second-order valence-electron chi connectivity index (χ2n) is 6.58. The number of nitrogens with zero attached hydrogens (tertiary/aromatic N) is 1. The molecule has 1 aromatic heterocycles. The fraction of sp³-hybridized carbons (Fsp3) is 0.400. The van der Waals surface area contributed by atoms with Gasteiger partial charge >= 0.3 is 0 Å². The van der Waals surface area contributed by atoms with Gasteiger partial charge in [0.2, 0.25) is 5.88 Å². The molecule has 0 bridgehead atoms. The molecule has 1 saturated carbocycles. The number of ether oxygens (including phenoxy) is 3. The van der Waals surface area contributed by atoms with Gasteiger partial charge in [-0.25, -0.2) is 4.98 Å². The van der Waals surface area contributed by atoms with Gasteiger partial charge in [-0.3, -0.25) is 4.79 Å². The molecule has 1 spiro atoms. The van der Waals surface area contributed by atoms with Gasteiger partial charge in [0.15, 0.2) is 11.5 Å². The Morgan fingerprint density at radius 2 is 2.00 bits per heavy atom. The highest BCUT2D eigenvalue weighted by molar-refractivity contribution is 6.05. The summed E-state index contributed by atoms with van der Waals surface area (Å²) < 4.78 is 17.6. The van der Waals surface area contributed by atoms with Crippen LogP contribution in [0.4, 0.5) is 5.69 Å². The average Bonchev–Trinajstić information content (AvgIpc) is 2.99. The molecule has 26 heavy (non-hydrogen) atoms. The molecule has 4 rings (SSSR count). The average molecular weight is 354 g/mol. The zero-order valence-electron chi connectivity index (χ0n) is 14.8. The van der Waals surface area contributed by atoms with Crippen molar-refractivity contribution in [1.29, 1.82) is 0 Å². The van der Waals surface area contributed by atoms with Crippen molar-refractivity contribution in [1.82, 2.24) is 4.98 Å². The normalized spacial score (nSPS) is 17.1. The molecular formula is C20H22N2O4. The molecule has 1 aromatic carbocycles. The molecular weight excluding hydrogens is 332 g/mol. The van der Waals surface area contributed by atoms with Gasteiger partial charge in [-0.15, -0.1) is 0 Å². The van der Waals surface area contributed by atoms with Crippen LogP contribution >= 0.6 is 0 Å². The number of rotatable bonds is 4. The number of fused-ring (bicyclic) bond motifs is 1. The first-order valence-corrected chi connectivity index (χ1v) is 9.10. The van der Waals surface area contributed by atoms with E-state index in [4.69, 9.17) is 14.2 Å². The van der Waals surface area contributed by atoms with Crippen molar-refractivity contribution in [2.24, 2.45) is 0 Å². The number of hydrogen-bond donors (Lipinski definition) is 1. The van der Waals surface area contributed by atoms with Crippen LogP contribution in [0.5, 0.6) is 17.4 Å². The van der Waals surface area contributed by atoms with E-state index >= 15 is 0 Å². The van der Waals surface area contributed by atoms with Crippen molar-refractivity contribution in [2.75, 3.05) is 11.9 Å². The van der Waals surface area contributed by atoms with Gasteiger partial charge in [-0.1, -0.05) is 6.42 Å². The molecule has 2 aliphatic rings. The highest BCUT2D eigenvalue weighted by Gasteiger charge is 2.42. The lowest BCUT2D eigenvalue weighted by Crippen LogP contribution is -2.40. The molecule has 0 unspecified atom stereocenters. The van der Waals surface area contributed by atoms with E-state index in [2.05, 4.69) is 10.3 Å². The Morgan fingerprint density at radius 1 is 1.19 bits per heavy atom. The zero-order valence-corrected chi connectivity index (χ0v) is 14.8. The standard InChI is InChI=1S/C20H22N2O4/c1-2-24-19-15(7-6-12-21-19)18(23)22-14-8-9-16-17(13-14)26-20(25-16)10-4-3-5-11-20/h6-9,12-13H,2-5,10-11H2,1H3,(H,22,23). The number of pyridine rings is 1. The number of carbonyl (C=O) groups excluding carboxylic acids is 1. The van der Waals surface area contributed by atoms with Crippen LogP contribution < -0.4 is 19.5 Å². The fourth-order valence-corrected chi connectivity index (χ4v) is 3.48. The van der Waals surface area contributed by atoms with Gasteiger partial charge in [0.1, 0.15) is 5.56 Å². The van der Waals surface area contributed by atoms with E-state index < -0.39 is 5.79 Å². The molecule has 6 nitrogen and oxygen atoms in total. The summed E-state index contributed by atoms with van der Waals surface area (Å²) in [5, 5.41) is 2.88. The van der Waals surface area contributed by atoms with Crippen LogP contribution in [0.1, 0.15) is 49.4 Å². The third kappa shape index (κ3) is 3.19. The molecule has 1 aliphatic heterocycles. The summed E-state index contributed by atoms with van der Waals surface area (Å²) >= 11 is 0. The largest absolute Gasteiger partial charge is 0.477 e. The second-order valence-corrected chi connectivity index (χ2v) is 6.58. The van der Waals surface area contributed by atoms with E-state index in [0.717, 1.165) is 31.4 Å². The first-order valence-electron chi connectivity index (χ1n) is 9.10. The molecule has 1 amide bonds. The van der Waals surface area contributed by atoms with Crippen LogP contribution in [0.3, 0.4) is 0 Å². The molecule has 1 N–H and O–H groups in total. The Morgan fingerprint density at radius 3 is 2.81 bits per heavy atom. The van der Waals surface area contributed by atoms with E-state index in [1.54, 1.807) is 18.3 Å². The van der Waals surface area contributed by atoms with E-state index in [9.17, 15) is 4.79 Å². The van der Waals surface area contributed by atoms with Gasteiger partial charge in [0.05, 0.1) is 6.61 Å². The second kappa shape index (κ2) is 6.86. The maximum atomic E-state index is 12.6. The van der Waals surface area contributed by atoms with Crippen molar-refractivity contribution in [3.05, 3.63) is 42.1 Å². The summed E-state index contributed by atoms with van der Waals surface area (Å²) in [6.45, 7) is 2.30. The van der Waals surface area contributed by atoms with Crippen molar-refractivity contribution < 1.29 is 19.0 Å². The summed E-state index contributed by atoms with van der Waals surface area (Å²) in [7, 11) is 0. The van der Waals surface area contributed by atoms with Crippen molar-refractivity contribution in [3.63, 3.8) is 0 Å². The Hall–Kier alpha value is -2.76. The number of aromatic nitrogens is 1. The molecule has 0 radical (unpaired) electrons. The third-order valence-electron chi connectivity index (χ3n) is 4.71. The Balaban J connectivity index is 1.51. The summed E-state index contributed by atoms with van der Waals surface area (Å²) in [5.74, 6) is 0.957. The molecule has 1 aliphatic carbocycles. The van der Waals surface area contributed by atoms with Crippen LogP contribution in [0.2, 0.25) is 0 Å². The lowest BCUT2D eigenvalue weighted by Gasteiger charge is -2.31. The minimum Gasteiger partial charge on any atom is -0.477 e. The third-order valence-corrected chi connectivity index (χ3v) is 4.71. The molecule has 1 fully saturated rings. The van der Waals surface area contributed by atoms with Gasteiger partial charge in [-0.2, -0.15) is 0 Å². The minimum absolute atomic E-state index is 0.271. The van der Waals surface area contributed by atoms with Crippen LogP contribution in [-0.2, 0) is 0 Å². The Labute approximate surface area is 152 Å². The topological polar surface area (TPSA) is 69.7 Å². The maximum absolute atomic E-state index is 12.6. The predicted molar refractivity (Wildman–Crippen MR) is 96.9 cm³/mol. The van der Waals surface area contributed by atoms with Gasteiger partial charge < -0.3 is 19.5 Å². The minimum atomic E-state index is -0.519. The lowest BCUT2D eigenvalue weighted by atomic mass is 9.94. The quantitative estimate of drug-likeness (QED) is 0.892. The summed E-state index contributed by atoms with van der Waals surface area (Å²) in [4.78, 5) is 16.7. The first-order chi connectivity index (χ1) is 12.7. The van der Waals surface area contributed by atoms with Gasteiger partial charge in [0, 0.05) is 30.8 Å². The van der Waals surface area contributed by atoms with Gasteiger partial charge in [0.25, 0.3) is 11.7 Å². The molecule has 6 heteroatoms. The molecule has 2 heterocycles. The van der Waals surface area contributed by atoms with Gasteiger partial charge in [-0.05, 0) is 44.0 Å². The molecule has 0 atom stereocenters. The maximum Gasteiger partial charge on any atom is 0.261 e. The number of nitrogens with one attached hydrogen (secondary N) is 1. The molecule has 136 valence electrons. The summed E-state index contributed by atoms with van der Waals surface area (Å²) in [5.41, 5.74) is 1.05. The highest BCUT2D eigenvalue weighted by Crippen LogP contribution is 2.46. The number of carbonyl (C=O) groups is 1. The number of hydrogen-bond acceptors (Lipinski definition) is 5. The van der Waals surface area contributed by atoms with Crippen LogP contribution in [0.25, 0.3) is 0 Å². The predicted octanol–water partition coefficient (Wildman–Crippen LogP) is 4.16. The van der Waals surface area contributed by atoms with E-state index in [1.807, 2.05) is 25.1 Å². The molecule has 0 saturated heterocycles. The summed E-state index contributed by atoms with van der Waals surface area (Å²) in [6, 6.07) is 8.88. The number of benzene rings is 1. The molecule has 2 aromatic rings. The van der Waals surface area contributed by atoms with Crippen LogP contribution in [0, 0.1) is 0 Å². The van der Waals surface area contributed by atoms with Crippen molar-refractivity contribution in [3.8, 4) is 17.4 Å².